The van der Waals surface area contributed by atoms with Crippen LogP contribution in [-0.2, 0) is 13.5 Å². The molecule has 5 aromatic rings. The number of rotatable bonds is 3. The van der Waals surface area contributed by atoms with Crippen LogP contribution in [0, 0.1) is 0 Å². The Labute approximate surface area is 180 Å². The number of pyridine rings is 1. The molecule has 0 aliphatic carbocycles. The van der Waals surface area contributed by atoms with Crippen LogP contribution in [-0.4, -0.2) is 56.9 Å². The van der Waals surface area contributed by atoms with Gasteiger partial charge in [0.15, 0.2) is 5.01 Å². The predicted octanol–water partition coefficient (Wildman–Crippen LogP) is 2.10. The van der Waals surface area contributed by atoms with Crippen molar-refractivity contribution in [2.45, 2.75) is 12.5 Å². The van der Waals surface area contributed by atoms with Crippen molar-refractivity contribution in [3.8, 4) is 10.6 Å². The number of imidazole rings is 1. The van der Waals surface area contributed by atoms with Gasteiger partial charge < -0.3 is 9.88 Å². The van der Waals surface area contributed by atoms with Crippen molar-refractivity contribution in [2.75, 3.05) is 6.54 Å². The zero-order valence-electron chi connectivity index (χ0n) is 16.5. The number of aromatic nitrogens is 8. The van der Waals surface area contributed by atoms with Crippen LogP contribution in [0.3, 0.4) is 0 Å². The first-order valence-corrected chi connectivity index (χ1v) is 10.6. The molecule has 10 nitrogen and oxygen atoms in total. The van der Waals surface area contributed by atoms with Crippen molar-refractivity contribution in [3.05, 3.63) is 71.3 Å². The number of carbonyl (C=O) groups is 1. The molecule has 5 aromatic heterocycles. The van der Waals surface area contributed by atoms with E-state index in [2.05, 4.69) is 25.3 Å². The number of hydrogen-bond acceptors (Lipinski definition) is 7. The number of amides is 1. The minimum Gasteiger partial charge on any atom is -0.348 e. The van der Waals surface area contributed by atoms with E-state index in [1.165, 1.54) is 11.3 Å². The Morgan fingerprint density at radius 3 is 3.06 bits per heavy atom. The lowest BCUT2D eigenvalue weighted by molar-refractivity contribution is 0.0685. The van der Waals surface area contributed by atoms with Crippen LogP contribution < -0.4 is 0 Å². The van der Waals surface area contributed by atoms with Crippen molar-refractivity contribution < 1.29 is 4.79 Å². The molecule has 154 valence electrons. The first-order chi connectivity index (χ1) is 15.2. The molecule has 1 aliphatic rings. The molecule has 0 spiro atoms. The Morgan fingerprint density at radius 2 is 2.23 bits per heavy atom. The highest BCUT2D eigenvalue weighted by molar-refractivity contribution is 7.16. The SMILES string of the molecule is Cn1cc(-c2nnc(C(=O)N3CCc4[nH]cnc4C3c3cc4ccccn4n3)s2)cn1. The molecule has 0 radical (unpaired) electrons. The maximum Gasteiger partial charge on any atom is 0.285 e. The topological polar surface area (TPSA) is 110 Å². The summed E-state index contributed by atoms with van der Waals surface area (Å²) in [4.78, 5) is 23.0. The molecule has 0 aromatic carbocycles. The zero-order chi connectivity index (χ0) is 20.9. The van der Waals surface area contributed by atoms with E-state index >= 15 is 0 Å². The third-order valence-electron chi connectivity index (χ3n) is 5.41. The lowest BCUT2D eigenvalue weighted by Crippen LogP contribution is -2.41. The molecule has 1 unspecified atom stereocenters. The van der Waals surface area contributed by atoms with Gasteiger partial charge in [-0.1, -0.05) is 17.4 Å². The average molecular weight is 431 g/mol. The summed E-state index contributed by atoms with van der Waals surface area (Å²) in [6.45, 7) is 0.536. The standard InChI is InChI=1S/C20H17N9OS/c1-27-10-12(9-23-27)18-24-25-19(31-18)20(30)28-7-5-14-16(22-11-21-14)17(28)15-8-13-4-2-3-6-29(13)26-15/h2-4,6,8-11,17H,5,7H2,1H3,(H,21,22). The van der Waals surface area contributed by atoms with E-state index in [0.29, 0.717) is 23.0 Å². The molecular formula is C20H17N9OS. The van der Waals surface area contributed by atoms with E-state index in [9.17, 15) is 4.79 Å². The van der Waals surface area contributed by atoms with Gasteiger partial charge in [-0.3, -0.25) is 9.48 Å². The van der Waals surface area contributed by atoms with Crippen LogP contribution in [0.4, 0.5) is 0 Å². The molecule has 6 rings (SSSR count). The molecule has 1 amide bonds. The Morgan fingerprint density at radius 1 is 1.29 bits per heavy atom. The van der Waals surface area contributed by atoms with Gasteiger partial charge in [0, 0.05) is 38.1 Å². The van der Waals surface area contributed by atoms with E-state index in [0.717, 1.165) is 28.2 Å². The highest BCUT2D eigenvalue weighted by Crippen LogP contribution is 2.35. The summed E-state index contributed by atoms with van der Waals surface area (Å²) in [5.74, 6) is -0.177. The Hall–Kier alpha value is -3.86. The number of H-pyrrole nitrogens is 1. The van der Waals surface area contributed by atoms with Gasteiger partial charge in [-0.15, -0.1) is 10.2 Å². The number of carbonyl (C=O) groups excluding carboxylic acids is 1. The molecule has 0 fully saturated rings. The van der Waals surface area contributed by atoms with Crippen LogP contribution in [0.25, 0.3) is 16.1 Å². The molecule has 1 aliphatic heterocycles. The average Bonchev–Trinajstić information content (AvgIpc) is 3.57. The van der Waals surface area contributed by atoms with E-state index in [-0.39, 0.29) is 5.91 Å². The lowest BCUT2D eigenvalue weighted by atomic mass is 9.99. The minimum absolute atomic E-state index is 0.177. The first-order valence-electron chi connectivity index (χ1n) is 9.77. The number of nitrogens with zero attached hydrogens (tertiary/aromatic N) is 8. The number of aryl methyl sites for hydroxylation is 1. The Balaban J connectivity index is 1.40. The highest BCUT2D eigenvalue weighted by Gasteiger charge is 2.37. The number of fused-ring (bicyclic) bond motifs is 2. The number of aromatic amines is 1. The fourth-order valence-electron chi connectivity index (χ4n) is 3.97. The quantitative estimate of drug-likeness (QED) is 0.468. The van der Waals surface area contributed by atoms with Gasteiger partial charge in [-0.25, -0.2) is 9.50 Å². The zero-order valence-corrected chi connectivity index (χ0v) is 17.3. The molecule has 6 heterocycles. The largest absolute Gasteiger partial charge is 0.348 e. The van der Waals surface area contributed by atoms with Gasteiger partial charge >= 0.3 is 0 Å². The summed E-state index contributed by atoms with van der Waals surface area (Å²) < 4.78 is 3.51. The second-order valence-electron chi connectivity index (χ2n) is 7.37. The van der Waals surface area contributed by atoms with Gasteiger partial charge in [-0.2, -0.15) is 10.2 Å². The van der Waals surface area contributed by atoms with Gasteiger partial charge in [0.2, 0.25) is 5.01 Å². The first kappa shape index (κ1) is 18.0. The van der Waals surface area contributed by atoms with Crippen molar-refractivity contribution in [3.63, 3.8) is 0 Å². The van der Waals surface area contributed by atoms with Crippen molar-refractivity contribution in [1.29, 1.82) is 0 Å². The maximum atomic E-state index is 13.5. The Kier molecular flexibility index (Phi) is 3.96. The fraction of sp³-hybridized carbons (Fsp3) is 0.200. The van der Waals surface area contributed by atoms with Gasteiger partial charge in [-0.05, 0) is 18.2 Å². The Bertz CT molecular complexity index is 1380. The lowest BCUT2D eigenvalue weighted by Gasteiger charge is -2.33. The molecule has 1 N–H and O–H groups in total. The number of hydrogen-bond donors (Lipinski definition) is 1. The van der Waals surface area contributed by atoms with E-state index in [1.54, 1.807) is 22.1 Å². The van der Waals surface area contributed by atoms with E-state index < -0.39 is 6.04 Å². The minimum atomic E-state index is -0.395. The fourth-order valence-corrected chi connectivity index (χ4v) is 4.74. The molecule has 31 heavy (non-hydrogen) atoms. The third-order valence-corrected chi connectivity index (χ3v) is 6.37. The smallest absolute Gasteiger partial charge is 0.285 e. The van der Waals surface area contributed by atoms with E-state index in [4.69, 9.17) is 5.10 Å². The highest BCUT2D eigenvalue weighted by atomic mass is 32.1. The van der Waals surface area contributed by atoms with Crippen LogP contribution in [0.15, 0.2) is 49.2 Å². The normalized spacial score (nSPS) is 16.0. The molecular weight excluding hydrogens is 414 g/mol. The van der Waals surface area contributed by atoms with Crippen molar-refractivity contribution >= 4 is 22.8 Å². The molecule has 1 atom stereocenters. The summed E-state index contributed by atoms with van der Waals surface area (Å²) in [7, 11) is 1.84. The summed E-state index contributed by atoms with van der Waals surface area (Å²) in [5, 5.41) is 18.3. The van der Waals surface area contributed by atoms with Gasteiger partial charge in [0.1, 0.15) is 6.04 Å². The number of nitrogens with one attached hydrogen (secondary N) is 1. The molecule has 0 saturated carbocycles. The predicted molar refractivity (Wildman–Crippen MR) is 112 cm³/mol. The second-order valence-corrected chi connectivity index (χ2v) is 8.35. The maximum absolute atomic E-state index is 13.5. The van der Waals surface area contributed by atoms with Crippen LogP contribution >= 0.6 is 11.3 Å². The van der Waals surface area contributed by atoms with Crippen LogP contribution in [0.1, 0.15) is 32.9 Å². The second kappa shape index (κ2) is 6.84. The van der Waals surface area contributed by atoms with Crippen molar-refractivity contribution in [2.24, 2.45) is 7.05 Å². The van der Waals surface area contributed by atoms with Gasteiger partial charge in [0.25, 0.3) is 5.91 Å². The molecule has 0 bridgehead atoms. The summed E-state index contributed by atoms with van der Waals surface area (Å²) in [6, 6.07) is 7.48. The van der Waals surface area contributed by atoms with Crippen molar-refractivity contribution in [1.82, 2.24) is 44.5 Å². The summed E-state index contributed by atoms with van der Waals surface area (Å²) >= 11 is 1.27. The molecule has 11 heteroatoms. The van der Waals surface area contributed by atoms with E-state index in [1.807, 2.05) is 48.2 Å². The monoisotopic (exact) mass is 431 g/mol. The van der Waals surface area contributed by atoms with Crippen LogP contribution in [0.2, 0.25) is 0 Å². The summed E-state index contributed by atoms with van der Waals surface area (Å²) in [5.41, 5.74) is 4.41. The molecule has 0 saturated heterocycles. The third kappa shape index (κ3) is 2.93. The van der Waals surface area contributed by atoms with Crippen LogP contribution in [0.5, 0.6) is 0 Å². The summed E-state index contributed by atoms with van der Waals surface area (Å²) in [6.07, 6.45) is 7.83. The van der Waals surface area contributed by atoms with Gasteiger partial charge in [0.05, 0.1) is 35.0 Å².